The predicted molar refractivity (Wildman–Crippen MR) is 80.7 cm³/mol. The number of hydrogen-bond acceptors (Lipinski definition) is 3. The summed E-state index contributed by atoms with van der Waals surface area (Å²) in [6.45, 7) is 1.97. The van der Waals surface area contributed by atoms with E-state index in [1.807, 2.05) is 6.92 Å². The first-order valence-electron chi connectivity index (χ1n) is 7.18. The summed E-state index contributed by atoms with van der Waals surface area (Å²) in [5.74, 6) is -1.07. The number of fused-ring (bicyclic) bond motifs is 1. The molecule has 0 aromatic heterocycles. The first kappa shape index (κ1) is 16.0. The third kappa shape index (κ3) is 2.84. The molecule has 1 heterocycles. The molecule has 0 atom stereocenters. The fourth-order valence-corrected chi connectivity index (χ4v) is 2.56. The van der Waals surface area contributed by atoms with Crippen LogP contribution in [0.2, 0.25) is 0 Å². The molecule has 0 amide bonds. The van der Waals surface area contributed by atoms with Crippen molar-refractivity contribution in [3.05, 3.63) is 64.4 Å². The van der Waals surface area contributed by atoms with E-state index in [1.54, 1.807) is 24.3 Å². The van der Waals surface area contributed by atoms with E-state index < -0.39 is 17.9 Å². The summed E-state index contributed by atoms with van der Waals surface area (Å²) >= 11 is 0. The Bertz CT molecular complexity index is 839. The van der Waals surface area contributed by atoms with E-state index >= 15 is 0 Å². The zero-order valence-corrected chi connectivity index (χ0v) is 12.6. The molecule has 0 saturated carbocycles. The summed E-state index contributed by atoms with van der Waals surface area (Å²) in [7, 11) is 0. The van der Waals surface area contributed by atoms with Gasteiger partial charge in [0.05, 0.1) is 11.6 Å². The Kier molecular flexibility index (Phi) is 3.79. The van der Waals surface area contributed by atoms with Gasteiger partial charge in [0, 0.05) is 0 Å². The molecule has 7 heteroatoms. The van der Waals surface area contributed by atoms with Crippen LogP contribution in [0.15, 0.2) is 42.5 Å². The molecule has 4 nitrogen and oxygen atoms in total. The number of halogens is 3. The molecule has 0 aliphatic carbocycles. The van der Waals surface area contributed by atoms with Crippen LogP contribution < -0.4 is 4.74 Å². The van der Waals surface area contributed by atoms with E-state index in [2.05, 4.69) is 4.74 Å². The third-order valence-corrected chi connectivity index (χ3v) is 3.72. The lowest BCUT2D eigenvalue weighted by Gasteiger charge is -2.09. The minimum absolute atomic E-state index is 0.0501. The highest BCUT2D eigenvalue weighted by Gasteiger charge is 2.38. The van der Waals surface area contributed by atoms with Gasteiger partial charge in [0.2, 0.25) is 5.69 Å². The van der Waals surface area contributed by atoms with Crippen molar-refractivity contribution in [3.63, 3.8) is 0 Å². The standard InChI is InChI=1S/C17H12F3NO3/c1-2-10-3-5-11(6-4-10)15-16(22)13-8-7-12(24-17(18,19)20)9-14(13)21(15)23/h3-9H,2H2,1H3. The molecule has 0 spiro atoms. The number of ketones is 1. The Morgan fingerprint density at radius 2 is 1.79 bits per heavy atom. The van der Waals surface area contributed by atoms with Gasteiger partial charge in [0.25, 0.3) is 11.5 Å². The number of carbonyl (C=O) groups is 1. The minimum atomic E-state index is -4.87. The summed E-state index contributed by atoms with van der Waals surface area (Å²) in [4.78, 5) is 12.4. The highest BCUT2D eigenvalue weighted by molar-refractivity contribution is 6.52. The molecule has 0 radical (unpaired) electrons. The summed E-state index contributed by atoms with van der Waals surface area (Å²) in [6, 6.07) is 9.99. The Hall–Kier alpha value is -2.83. The Balaban J connectivity index is 2.02. The first-order valence-corrected chi connectivity index (χ1v) is 7.18. The molecule has 0 saturated heterocycles. The highest BCUT2D eigenvalue weighted by Crippen LogP contribution is 2.33. The molecule has 24 heavy (non-hydrogen) atoms. The van der Waals surface area contributed by atoms with Crippen molar-refractivity contribution in [1.82, 2.24) is 0 Å². The normalized spacial score (nSPS) is 14.1. The average molecular weight is 335 g/mol. The van der Waals surface area contributed by atoms with Crippen LogP contribution in [-0.4, -0.2) is 22.6 Å². The Morgan fingerprint density at radius 3 is 2.38 bits per heavy atom. The maximum atomic E-state index is 12.4. The molecule has 1 aliphatic rings. The largest absolute Gasteiger partial charge is 0.618 e. The second-order valence-electron chi connectivity index (χ2n) is 5.25. The van der Waals surface area contributed by atoms with Gasteiger partial charge in [-0.2, -0.15) is 4.74 Å². The quantitative estimate of drug-likeness (QED) is 0.630. The van der Waals surface area contributed by atoms with Gasteiger partial charge >= 0.3 is 6.36 Å². The van der Waals surface area contributed by atoms with E-state index in [-0.39, 0.29) is 17.0 Å². The van der Waals surface area contributed by atoms with Crippen LogP contribution in [0.1, 0.15) is 28.4 Å². The summed E-state index contributed by atoms with van der Waals surface area (Å²) in [5, 5.41) is 12.4. The average Bonchev–Trinajstić information content (AvgIpc) is 2.77. The molecular formula is C17H12F3NO3. The van der Waals surface area contributed by atoms with Crippen LogP contribution in [-0.2, 0) is 6.42 Å². The Labute approximate surface area is 135 Å². The van der Waals surface area contributed by atoms with Crippen LogP contribution in [0, 0.1) is 5.21 Å². The van der Waals surface area contributed by atoms with Crippen molar-refractivity contribution >= 4 is 17.2 Å². The number of carbonyl (C=O) groups excluding carboxylic acids is 1. The van der Waals surface area contributed by atoms with Gasteiger partial charge in [-0.1, -0.05) is 19.1 Å². The molecule has 124 valence electrons. The van der Waals surface area contributed by atoms with Gasteiger partial charge in [0.15, 0.2) is 0 Å². The van der Waals surface area contributed by atoms with Crippen LogP contribution in [0.3, 0.4) is 0 Å². The molecule has 2 aromatic carbocycles. The van der Waals surface area contributed by atoms with Crippen molar-refractivity contribution in [1.29, 1.82) is 0 Å². The summed E-state index contributed by atoms with van der Waals surface area (Å²) in [5.41, 5.74) is 1.24. The lowest BCUT2D eigenvalue weighted by atomic mass is 10.0. The van der Waals surface area contributed by atoms with Crippen LogP contribution in [0.4, 0.5) is 18.9 Å². The van der Waals surface area contributed by atoms with E-state index in [9.17, 15) is 23.2 Å². The van der Waals surface area contributed by atoms with E-state index in [0.717, 1.165) is 30.2 Å². The fourth-order valence-electron chi connectivity index (χ4n) is 2.56. The number of benzene rings is 2. The van der Waals surface area contributed by atoms with E-state index in [4.69, 9.17) is 0 Å². The first-order chi connectivity index (χ1) is 11.3. The van der Waals surface area contributed by atoms with Gasteiger partial charge in [-0.15, -0.1) is 13.2 Å². The Morgan fingerprint density at radius 1 is 1.12 bits per heavy atom. The van der Waals surface area contributed by atoms with Crippen molar-refractivity contribution in [3.8, 4) is 5.75 Å². The van der Waals surface area contributed by atoms with Crippen molar-refractivity contribution < 1.29 is 27.4 Å². The lowest BCUT2D eigenvalue weighted by molar-refractivity contribution is -0.355. The van der Waals surface area contributed by atoms with Gasteiger partial charge in [-0.05, 0) is 36.2 Å². The summed E-state index contributed by atoms with van der Waals surface area (Å²) < 4.78 is 41.0. The maximum absolute atomic E-state index is 12.4. The van der Waals surface area contributed by atoms with Crippen LogP contribution in [0.25, 0.3) is 0 Å². The van der Waals surface area contributed by atoms with Crippen molar-refractivity contribution in [2.45, 2.75) is 19.7 Å². The lowest BCUT2D eigenvalue weighted by Crippen LogP contribution is -2.17. The smallest absolute Gasteiger partial charge is 0.573 e. The number of alkyl halides is 3. The van der Waals surface area contributed by atoms with Crippen molar-refractivity contribution in [2.75, 3.05) is 0 Å². The van der Waals surface area contributed by atoms with Crippen molar-refractivity contribution in [2.24, 2.45) is 0 Å². The molecule has 0 N–H and O–H groups in total. The minimum Gasteiger partial charge on any atom is -0.618 e. The second-order valence-corrected chi connectivity index (χ2v) is 5.25. The SMILES string of the molecule is CCc1ccc(C2=[N+]([O-])c3cc(OC(F)(F)F)ccc3C2=O)cc1. The molecular weight excluding hydrogens is 323 g/mol. The van der Waals surface area contributed by atoms with Gasteiger partial charge in [0.1, 0.15) is 11.3 Å². The molecule has 0 fully saturated rings. The van der Waals surface area contributed by atoms with Gasteiger partial charge < -0.3 is 9.94 Å². The zero-order chi connectivity index (χ0) is 17.5. The number of rotatable bonds is 3. The van der Waals surface area contributed by atoms with Crippen LogP contribution in [0.5, 0.6) is 5.75 Å². The van der Waals surface area contributed by atoms with E-state index in [1.165, 1.54) is 0 Å². The number of aryl methyl sites for hydroxylation is 1. The molecule has 1 aliphatic heterocycles. The summed E-state index contributed by atoms with van der Waals surface area (Å²) in [6.07, 6.45) is -4.06. The molecule has 0 unspecified atom stereocenters. The van der Waals surface area contributed by atoms with Gasteiger partial charge in [-0.3, -0.25) is 4.79 Å². The molecule has 0 bridgehead atoms. The van der Waals surface area contributed by atoms with Crippen LogP contribution >= 0.6 is 0 Å². The monoisotopic (exact) mass is 335 g/mol. The maximum Gasteiger partial charge on any atom is 0.573 e. The highest BCUT2D eigenvalue weighted by atomic mass is 19.4. The second kappa shape index (κ2) is 5.67. The topological polar surface area (TPSA) is 52.4 Å². The van der Waals surface area contributed by atoms with Gasteiger partial charge in [-0.25, -0.2) is 0 Å². The number of Topliss-reactive ketones (excluding diaryl/α,β-unsaturated/α-hetero) is 1. The zero-order valence-electron chi connectivity index (χ0n) is 12.6. The molecule has 3 rings (SSSR count). The van der Waals surface area contributed by atoms with E-state index in [0.29, 0.717) is 10.3 Å². The number of hydrogen-bond donors (Lipinski definition) is 0. The molecule has 2 aromatic rings. The predicted octanol–water partition coefficient (Wildman–Crippen LogP) is 3.98. The third-order valence-electron chi connectivity index (χ3n) is 3.72. The number of ether oxygens (including phenoxy) is 1. The number of nitrogens with zero attached hydrogens (tertiary/aromatic N) is 1. The fraction of sp³-hybridized carbons (Fsp3) is 0.176.